The zero-order valence-corrected chi connectivity index (χ0v) is 19.9. The molecule has 132 valence electrons. The normalized spacial score (nSPS) is 46.4. The van der Waals surface area contributed by atoms with Crippen LogP contribution in [0.15, 0.2) is 11.6 Å². The average molecular weight is 522 g/mol. The van der Waals surface area contributed by atoms with Gasteiger partial charge in [0.05, 0.1) is 0 Å². The summed E-state index contributed by atoms with van der Waals surface area (Å²) in [4.78, 5) is 11.2. The van der Waals surface area contributed by atoms with Crippen molar-refractivity contribution in [3.05, 3.63) is 11.6 Å². The molecule has 3 saturated carbocycles. The molecule has 6 atom stereocenters. The predicted octanol–water partition coefficient (Wildman–Crippen LogP) is 5.13. The van der Waals surface area contributed by atoms with Gasteiger partial charge >= 0.3 is 165 Å². The molecule has 0 aromatic rings. The van der Waals surface area contributed by atoms with Crippen LogP contribution in [-0.2, 0) is 4.79 Å². The van der Waals surface area contributed by atoms with Crippen molar-refractivity contribution in [3.8, 4) is 0 Å². The molecule has 0 heterocycles. The first-order valence-electron chi connectivity index (χ1n) is 10.1. The molecule has 3 aliphatic rings. The Morgan fingerprint density at radius 1 is 1.21 bits per heavy atom. The van der Waals surface area contributed by atoms with E-state index in [9.17, 15) is 4.79 Å². The molecule has 0 aromatic heterocycles. The first-order chi connectivity index (χ1) is 11.4. The Bertz CT molecular complexity index is 550. The number of carbonyl (C=O) groups excluding carboxylic acids is 1. The van der Waals surface area contributed by atoms with Gasteiger partial charge in [-0.1, -0.05) is 0 Å². The summed E-state index contributed by atoms with van der Waals surface area (Å²) in [5.74, 6) is 3.54. The average Bonchev–Trinajstić information content (AvgIpc) is 2.88. The third-order valence-electron chi connectivity index (χ3n) is 8.30. The van der Waals surface area contributed by atoms with Gasteiger partial charge in [0.25, 0.3) is 0 Å². The molecule has 3 aliphatic carbocycles. The van der Waals surface area contributed by atoms with Gasteiger partial charge in [0.1, 0.15) is 0 Å². The second-order valence-corrected chi connectivity index (χ2v) is 12.3. The molecule has 24 heavy (non-hydrogen) atoms. The zero-order chi connectivity index (χ0) is 17.5. The van der Waals surface area contributed by atoms with Gasteiger partial charge < -0.3 is 0 Å². The van der Waals surface area contributed by atoms with Gasteiger partial charge in [-0.05, 0) is 0 Å². The third kappa shape index (κ3) is 2.85. The van der Waals surface area contributed by atoms with E-state index in [0.717, 1.165) is 36.4 Å². The maximum atomic E-state index is 11.2. The number of hydrogen-bond acceptors (Lipinski definition) is 1. The fourth-order valence-electron chi connectivity index (χ4n) is 7.26. The minimum atomic E-state index is 0.276. The molecular weight excluding hydrogens is 487 g/mol. The first-order valence-corrected chi connectivity index (χ1v) is 12.0. The number of allylic oxidation sites excluding steroid dienone is 2. The summed E-state index contributed by atoms with van der Waals surface area (Å²) in [6.07, 6.45) is 13.6. The molecule has 6 unspecified atom stereocenters. The molecule has 0 spiro atoms. The number of carbonyl (C=O) groups is 1. The van der Waals surface area contributed by atoms with Crippen LogP contribution in [0, 0.1) is 34.5 Å². The van der Waals surface area contributed by atoms with Gasteiger partial charge in [0, 0.05) is 0 Å². The van der Waals surface area contributed by atoms with E-state index in [4.69, 9.17) is 0 Å². The maximum absolute atomic E-state index is 11.2. The van der Waals surface area contributed by atoms with Crippen molar-refractivity contribution in [2.24, 2.45) is 34.5 Å². The van der Waals surface area contributed by atoms with Crippen LogP contribution in [-0.4, -0.2) is 34.6 Å². The van der Waals surface area contributed by atoms with Crippen LogP contribution in [0.4, 0.5) is 0 Å². The molecule has 0 amide bonds. The van der Waals surface area contributed by atoms with E-state index in [2.05, 4.69) is 27.7 Å². The van der Waals surface area contributed by atoms with E-state index in [-0.39, 0.29) is 5.41 Å². The minimum absolute atomic E-state index is 0.276. The van der Waals surface area contributed by atoms with Crippen molar-refractivity contribution in [2.75, 3.05) is 0 Å². The van der Waals surface area contributed by atoms with E-state index in [0.29, 0.717) is 5.41 Å². The number of rotatable bonds is 4. The molecular formula is C22H34OPb. The van der Waals surface area contributed by atoms with Crippen LogP contribution in [0.5, 0.6) is 0 Å². The summed E-state index contributed by atoms with van der Waals surface area (Å²) in [7, 11) is 0. The third-order valence-corrected chi connectivity index (χ3v) is 9.65. The van der Waals surface area contributed by atoms with Gasteiger partial charge in [0.15, 0.2) is 0 Å². The number of fused-ring (bicyclic) bond motifs is 3. The summed E-state index contributed by atoms with van der Waals surface area (Å²) in [5.41, 5.74) is 2.31. The molecule has 0 saturated heterocycles. The Kier molecular flexibility index (Phi) is 5.60. The predicted molar refractivity (Wildman–Crippen MR) is 103 cm³/mol. The van der Waals surface area contributed by atoms with Gasteiger partial charge in [0.2, 0.25) is 0 Å². The molecule has 3 rings (SSSR count). The quantitative estimate of drug-likeness (QED) is 0.285. The first kappa shape index (κ1) is 19.0. The molecule has 0 bridgehead atoms. The molecule has 1 nitrogen and oxygen atoms in total. The zero-order valence-electron chi connectivity index (χ0n) is 16.0. The standard InChI is InChI=1S/C22H34O.Pb/c1-5-13-21(3)17(12-15-23)7-9-18-19-10-8-16(6-2)22(19,4)14-11-20(18)21;/h12,15-16,18-20H,5,7-11,13-14H2,1-4H3;/b17-12-;. The fraction of sp³-hybridized carbons (Fsp3) is 0.818. The number of hydrogen-bond donors (Lipinski definition) is 0. The summed E-state index contributed by atoms with van der Waals surface area (Å²) in [6, 6.07) is 0. The molecule has 3 fully saturated rings. The van der Waals surface area contributed by atoms with Crippen LogP contribution in [0.2, 0.25) is 0 Å². The fourth-order valence-corrected chi connectivity index (χ4v) is 9.10. The van der Waals surface area contributed by atoms with Crippen molar-refractivity contribution >= 4 is 34.6 Å². The summed E-state index contributed by atoms with van der Waals surface area (Å²) < 4.78 is 1.80. The van der Waals surface area contributed by atoms with Crippen molar-refractivity contribution in [1.82, 2.24) is 0 Å². The SMILES string of the molecule is CCCC1(C)/C(=C\C=O)CCC2C1CCC1(C)C([C](C)=[Pb])CCC21. The van der Waals surface area contributed by atoms with Crippen LogP contribution < -0.4 is 0 Å². The Balaban J connectivity index is 1.93. The van der Waals surface area contributed by atoms with Gasteiger partial charge in [-0.25, -0.2) is 0 Å². The van der Waals surface area contributed by atoms with E-state index < -0.39 is 0 Å². The number of aldehydes is 1. The van der Waals surface area contributed by atoms with Crippen LogP contribution in [0.1, 0.15) is 79.1 Å². The van der Waals surface area contributed by atoms with Crippen LogP contribution in [0.25, 0.3) is 0 Å². The van der Waals surface area contributed by atoms with E-state index in [1.54, 1.807) is 3.06 Å². The summed E-state index contributed by atoms with van der Waals surface area (Å²) in [5, 5.41) is 0. The van der Waals surface area contributed by atoms with Crippen molar-refractivity contribution in [1.29, 1.82) is 0 Å². The van der Waals surface area contributed by atoms with E-state index in [1.165, 1.54) is 75.8 Å². The Morgan fingerprint density at radius 3 is 2.58 bits per heavy atom. The van der Waals surface area contributed by atoms with E-state index >= 15 is 0 Å². The van der Waals surface area contributed by atoms with Crippen LogP contribution in [0.3, 0.4) is 0 Å². The van der Waals surface area contributed by atoms with Crippen molar-refractivity contribution in [2.45, 2.75) is 79.1 Å². The topological polar surface area (TPSA) is 17.1 Å². The summed E-state index contributed by atoms with van der Waals surface area (Å²) in [6.45, 7) is 9.85. The second kappa shape index (κ2) is 7.08. The molecule has 0 aliphatic heterocycles. The Labute approximate surface area is 164 Å². The molecule has 0 aromatic carbocycles. The molecule has 2 heteroatoms. The van der Waals surface area contributed by atoms with Gasteiger partial charge in [-0.3, -0.25) is 0 Å². The summed E-state index contributed by atoms with van der Waals surface area (Å²) >= 11 is 1.27. The molecule has 2 radical (unpaired) electrons. The Hall–Kier alpha value is 0.202. The van der Waals surface area contributed by atoms with Crippen LogP contribution >= 0.6 is 0 Å². The second-order valence-electron chi connectivity index (χ2n) is 9.27. The molecule has 0 N–H and O–H groups in total. The van der Waals surface area contributed by atoms with E-state index in [1.807, 2.05) is 6.08 Å². The van der Waals surface area contributed by atoms with Crippen molar-refractivity contribution in [3.63, 3.8) is 0 Å². The van der Waals surface area contributed by atoms with Gasteiger partial charge in [-0.2, -0.15) is 0 Å². The van der Waals surface area contributed by atoms with Gasteiger partial charge in [-0.15, -0.1) is 0 Å². The Morgan fingerprint density at radius 2 is 1.96 bits per heavy atom. The monoisotopic (exact) mass is 522 g/mol. The van der Waals surface area contributed by atoms with Crippen molar-refractivity contribution < 1.29 is 4.79 Å².